The van der Waals surface area contributed by atoms with Crippen LogP contribution in [0.3, 0.4) is 0 Å². The molecule has 316 valence electrons. The Morgan fingerprint density at radius 2 is 1.21 bits per heavy atom. The molecule has 6 aromatic carbocycles. The van der Waals surface area contributed by atoms with Crippen molar-refractivity contribution in [2.24, 2.45) is 5.92 Å². The second-order valence-corrected chi connectivity index (χ2v) is 18.1. The number of nitrogens with zero attached hydrogens (tertiary/aromatic N) is 2. The number of nitrogens with one attached hydrogen (secondary N) is 1. The Bertz CT molecular complexity index is 2390. The highest BCUT2D eigenvalue weighted by Gasteiger charge is 2.32. The summed E-state index contributed by atoms with van der Waals surface area (Å²) in [4.78, 5) is 16.7. The number of hydrogen-bond acceptors (Lipinski definition) is 5. The Morgan fingerprint density at radius 1 is 0.721 bits per heavy atom. The van der Waals surface area contributed by atoms with Crippen LogP contribution in [0.25, 0.3) is 10.8 Å². The average Bonchev–Trinajstić information content (AvgIpc) is 3.22. The van der Waals surface area contributed by atoms with E-state index in [1.807, 2.05) is 0 Å². The van der Waals surface area contributed by atoms with Crippen LogP contribution in [-0.4, -0.2) is 38.1 Å². The summed E-state index contributed by atoms with van der Waals surface area (Å²) in [6, 6.07) is 40.8. The third-order valence-corrected chi connectivity index (χ3v) is 13.4. The van der Waals surface area contributed by atoms with E-state index in [4.69, 9.17) is 16.3 Å². The Morgan fingerprint density at radius 3 is 1.70 bits per heavy atom. The van der Waals surface area contributed by atoms with Crippen LogP contribution < -0.4 is 15.1 Å². The summed E-state index contributed by atoms with van der Waals surface area (Å²) in [5, 5.41) is 6.20. The van der Waals surface area contributed by atoms with Gasteiger partial charge in [0.05, 0.1) is 12.0 Å². The van der Waals surface area contributed by atoms with Gasteiger partial charge in [-0.05, 0) is 148 Å². The number of anilines is 5. The molecule has 0 spiro atoms. The molecule has 1 aliphatic rings. The van der Waals surface area contributed by atoms with Gasteiger partial charge in [-0.3, -0.25) is 0 Å². The third-order valence-electron chi connectivity index (χ3n) is 12.8. The molecule has 0 bridgehead atoms. The van der Waals surface area contributed by atoms with Gasteiger partial charge in [-0.15, -0.1) is 11.6 Å². The Balaban J connectivity index is 1.24. The van der Waals surface area contributed by atoms with Crippen LogP contribution in [0, 0.1) is 47.5 Å². The number of carbonyl (C=O) groups excluding carboxylic acids is 1. The van der Waals surface area contributed by atoms with E-state index in [-0.39, 0.29) is 29.2 Å². The van der Waals surface area contributed by atoms with Crippen molar-refractivity contribution in [2.75, 3.05) is 35.8 Å². The molecule has 6 aromatic rings. The number of hydrogen-bond donors (Lipinski definition) is 1. The molecule has 61 heavy (non-hydrogen) atoms. The minimum atomic E-state index is -0.340. The highest BCUT2D eigenvalue weighted by atomic mass is 35.5. The molecule has 0 saturated heterocycles. The number of benzene rings is 6. The summed E-state index contributed by atoms with van der Waals surface area (Å²) >= 11 is 7.24. The van der Waals surface area contributed by atoms with E-state index < -0.39 is 0 Å². The molecule has 5 nitrogen and oxygen atoms in total. The number of esters is 1. The molecule has 0 aromatic heterocycles. The summed E-state index contributed by atoms with van der Waals surface area (Å²) in [6.07, 6.45) is 3.82. The highest BCUT2D eigenvalue weighted by Crippen LogP contribution is 2.42. The van der Waals surface area contributed by atoms with E-state index in [0.717, 1.165) is 42.7 Å². The normalized spacial score (nSPS) is 16.4. The average molecular weight is 833 g/mol. The molecule has 3 unspecified atom stereocenters. The maximum atomic E-state index is 12.0. The second kappa shape index (κ2) is 18.6. The third kappa shape index (κ3) is 9.38. The number of ether oxygens (including phenoxy) is 1. The van der Waals surface area contributed by atoms with Gasteiger partial charge in [0.1, 0.15) is 0 Å². The second-order valence-electron chi connectivity index (χ2n) is 17.6. The van der Waals surface area contributed by atoms with Gasteiger partial charge in [-0.1, -0.05) is 103 Å². The predicted molar refractivity (Wildman–Crippen MR) is 260 cm³/mol. The van der Waals surface area contributed by atoms with Crippen molar-refractivity contribution in [1.82, 2.24) is 0 Å². The largest absolute Gasteiger partial charge is 0.462 e. The van der Waals surface area contributed by atoms with Crippen LogP contribution >= 0.6 is 11.6 Å². The molecule has 1 aliphatic carbocycles. The number of fused-ring (bicyclic) bond motifs is 1. The van der Waals surface area contributed by atoms with Gasteiger partial charge in [0.25, 0.3) is 0 Å². The molecule has 0 radical (unpaired) electrons. The van der Waals surface area contributed by atoms with Crippen LogP contribution in [0.2, 0.25) is 0 Å². The predicted octanol–water partition coefficient (Wildman–Crippen LogP) is 14.1. The van der Waals surface area contributed by atoms with Crippen molar-refractivity contribution in [2.45, 2.75) is 91.5 Å². The van der Waals surface area contributed by atoms with Gasteiger partial charge in [0.15, 0.2) is 0 Å². The number of carbonyl (C=O) groups is 1. The zero-order valence-corrected chi connectivity index (χ0v) is 38.3. The fourth-order valence-corrected chi connectivity index (χ4v) is 10.5. The summed E-state index contributed by atoms with van der Waals surface area (Å²) in [7, 11) is 4.34. The lowest BCUT2D eigenvalue weighted by atomic mass is 9.81. The van der Waals surface area contributed by atoms with Gasteiger partial charge >= 0.3 is 5.97 Å². The summed E-state index contributed by atoms with van der Waals surface area (Å²) < 4.78 is 5.46. The van der Waals surface area contributed by atoms with Crippen LogP contribution in [-0.2, 0) is 9.53 Å². The van der Waals surface area contributed by atoms with E-state index in [0.29, 0.717) is 12.2 Å². The first-order chi connectivity index (χ1) is 29.2. The number of aryl methyl sites for hydroxylation is 6. The number of halogens is 1. The molecule has 1 N–H and O–H groups in total. The molecule has 3 atom stereocenters. The van der Waals surface area contributed by atoms with Crippen molar-refractivity contribution >= 4 is 56.8 Å². The zero-order valence-electron chi connectivity index (χ0n) is 37.5. The van der Waals surface area contributed by atoms with Gasteiger partial charge in [0, 0.05) is 65.5 Å². The molecular formula is C55H62ClN3O2. The van der Waals surface area contributed by atoms with Gasteiger partial charge in [-0.2, -0.15) is 0 Å². The lowest BCUT2D eigenvalue weighted by Gasteiger charge is -2.36. The first-order valence-electron chi connectivity index (χ1n) is 21.8. The fourth-order valence-electron chi connectivity index (χ4n) is 10.0. The fraction of sp³-hybridized carbons (Fsp3) is 0.327. The Labute approximate surface area is 369 Å². The lowest BCUT2D eigenvalue weighted by Crippen LogP contribution is -2.39. The van der Waals surface area contributed by atoms with Crippen molar-refractivity contribution in [3.8, 4) is 0 Å². The van der Waals surface area contributed by atoms with Gasteiger partial charge in [-0.25, -0.2) is 4.79 Å². The minimum absolute atomic E-state index is 0.0231. The summed E-state index contributed by atoms with van der Waals surface area (Å²) in [6.45, 7) is 18.9. The highest BCUT2D eigenvalue weighted by molar-refractivity contribution is 6.21. The first-order valence-corrected chi connectivity index (χ1v) is 22.2. The van der Waals surface area contributed by atoms with E-state index >= 15 is 0 Å². The van der Waals surface area contributed by atoms with Crippen LogP contribution in [0.4, 0.5) is 28.4 Å². The maximum Gasteiger partial charge on any atom is 0.333 e. The quantitative estimate of drug-likeness (QED) is 0.0544. The number of alkyl halides is 1. The number of rotatable bonds is 13. The Hall–Kier alpha value is -5.52. The zero-order chi connectivity index (χ0) is 43.5. The molecule has 0 amide bonds. The maximum absolute atomic E-state index is 12.0. The van der Waals surface area contributed by atoms with Crippen molar-refractivity contribution in [1.29, 1.82) is 0 Å². The molecule has 1 saturated carbocycles. The first kappa shape index (κ1) is 43.6. The minimum Gasteiger partial charge on any atom is -0.462 e. The van der Waals surface area contributed by atoms with E-state index in [9.17, 15) is 4.79 Å². The molecule has 6 heteroatoms. The Kier molecular flexibility index (Phi) is 13.3. The standard InChI is InChI=1S/C55H62ClN3O2/c1-34(2)55(60)61-29-28-43-14-13-17-50(52(43)56)57-49-27-26-48(46-15-11-12-16-47(46)49)51(41-18-22-44(23-19-41)58(9)53-37(5)30-35(3)31-38(53)6)42-20-24-45(25-21-42)59(10)54-39(7)32-36(4)33-40(54)8/h11-12,15-16,18-27,30-33,43,50-52,57H,1,13-14,17,28-29H2,2-10H3. The molecule has 7 rings (SSSR count). The molecular weight excluding hydrogens is 770 g/mol. The van der Waals surface area contributed by atoms with Crippen LogP contribution in [0.5, 0.6) is 0 Å². The van der Waals surface area contributed by atoms with Crippen molar-refractivity contribution in [3.63, 3.8) is 0 Å². The van der Waals surface area contributed by atoms with E-state index in [1.54, 1.807) is 6.92 Å². The van der Waals surface area contributed by atoms with Crippen molar-refractivity contribution in [3.05, 3.63) is 171 Å². The molecule has 0 aliphatic heterocycles. The molecule has 1 fully saturated rings. The lowest BCUT2D eigenvalue weighted by molar-refractivity contribution is -0.139. The van der Waals surface area contributed by atoms with E-state index in [1.165, 1.54) is 72.2 Å². The SMILES string of the molecule is C=C(C)C(=O)OCCC1CCCC(Nc2ccc(C(c3ccc(N(C)c4c(C)cc(C)cc4C)cc3)c3ccc(N(C)c4c(C)cc(C)cc4C)cc3)c3ccccc23)C1Cl. The van der Waals surface area contributed by atoms with Crippen molar-refractivity contribution < 1.29 is 9.53 Å². The topological polar surface area (TPSA) is 44.8 Å². The van der Waals surface area contributed by atoms with Crippen LogP contribution in [0.15, 0.2) is 121 Å². The summed E-state index contributed by atoms with van der Waals surface area (Å²) in [5.41, 5.74) is 17.7. The van der Waals surface area contributed by atoms with Gasteiger partial charge < -0.3 is 19.9 Å². The summed E-state index contributed by atoms with van der Waals surface area (Å²) in [5.74, 6) is -0.111. The van der Waals surface area contributed by atoms with Crippen LogP contribution in [0.1, 0.15) is 88.6 Å². The smallest absolute Gasteiger partial charge is 0.333 e. The molecule has 0 heterocycles. The van der Waals surface area contributed by atoms with Gasteiger partial charge in [0.2, 0.25) is 0 Å². The van der Waals surface area contributed by atoms with E-state index in [2.05, 4.69) is 187 Å². The monoisotopic (exact) mass is 831 g/mol.